The Labute approximate surface area is 149 Å². The molecule has 130 valence electrons. The second-order valence-corrected chi connectivity index (χ2v) is 6.38. The summed E-state index contributed by atoms with van der Waals surface area (Å²) in [5.41, 5.74) is 5.46. The summed E-state index contributed by atoms with van der Waals surface area (Å²) in [6.45, 7) is 2.02. The molecule has 0 radical (unpaired) electrons. The normalized spacial score (nSPS) is 14.8. The van der Waals surface area contributed by atoms with E-state index in [4.69, 9.17) is 0 Å². The molecule has 1 aromatic heterocycles. The number of allylic oxidation sites excluding steroid dienone is 4. The van der Waals surface area contributed by atoms with E-state index in [0.717, 1.165) is 51.7 Å². The van der Waals surface area contributed by atoms with Crippen LogP contribution in [0.2, 0.25) is 0 Å². The summed E-state index contributed by atoms with van der Waals surface area (Å²) in [4.78, 5) is 4.51. The van der Waals surface area contributed by atoms with Gasteiger partial charge >= 0.3 is 6.18 Å². The summed E-state index contributed by atoms with van der Waals surface area (Å²) >= 11 is 0. The fraction of sp³-hybridized carbons (Fsp3) is 0.136. The Morgan fingerprint density at radius 1 is 0.923 bits per heavy atom. The molecule has 26 heavy (non-hydrogen) atoms. The van der Waals surface area contributed by atoms with Gasteiger partial charge in [0.05, 0.1) is 11.1 Å². The van der Waals surface area contributed by atoms with Crippen molar-refractivity contribution in [2.75, 3.05) is 0 Å². The number of aromatic nitrogens is 1. The van der Waals surface area contributed by atoms with Crippen LogP contribution in [0.5, 0.6) is 0 Å². The molecule has 0 atom stereocenters. The first kappa shape index (κ1) is 16.6. The van der Waals surface area contributed by atoms with Crippen molar-refractivity contribution in [3.8, 4) is 0 Å². The number of hydrogen-bond acceptors (Lipinski definition) is 1. The van der Waals surface area contributed by atoms with Gasteiger partial charge in [-0.05, 0) is 53.8 Å². The molecule has 4 heteroatoms. The Bertz CT molecular complexity index is 1040. The van der Waals surface area contributed by atoms with Crippen LogP contribution in [0.25, 0.3) is 22.0 Å². The third-order valence-corrected chi connectivity index (χ3v) is 4.85. The van der Waals surface area contributed by atoms with Crippen molar-refractivity contribution in [1.29, 1.82) is 0 Å². The van der Waals surface area contributed by atoms with Crippen molar-refractivity contribution in [1.82, 2.24) is 4.98 Å². The van der Waals surface area contributed by atoms with E-state index in [2.05, 4.69) is 17.1 Å². The summed E-state index contributed by atoms with van der Waals surface area (Å²) in [5.74, 6) is 0. The molecule has 0 saturated carbocycles. The minimum atomic E-state index is -4.31. The summed E-state index contributed by atoms with van der Waals surface area (Å²) in [6, 6.07) is 15.4. The molecule has 0 amide bonds. The van der Waals surface area contributed by atoms with Crippen LogP contribution < -0.4 is 0 Å². The molecule has 1 aliphatic rings. The van der Waals surface area contributed by atoms with Gasteiger partial charge in [0.2, 0.25) is 0 Å². The van der Waals surface area contributed by atoms with Gasteiger partial charge in [-0.3, -0.25) is 4.98 Å². The number of para-hydroxylation sites is 1. The highest BCUT2D eigenvalue weighted by Gasteiger charge is 2.30. The topological polar surface area (TPSA) is 12.9 Å². The van der Waals surface area contributed by atoms with E-state index in [1.807, 2.05) is 31.2 Å². The number of benzene rings is 2. The Kier molecular flexibility index (Phi) is 3.91. The number of alkyl halides is 3. The second-order valence-electron chi connectivity index (χ2n) is 6.38. The highest BCUT2D eigenvalue weighted by molar-refractivity contribution is 6.00. The zero-order valence-corrected chi connectivity index (χ0v) is 14.1. The first-order valence-electron chi connectivity index (χ1n) is 8.37. The highest BCUT2D eigenvalue weighted by Crippen LogP contribution is 2.40. The average molecular weight is 351 g/mol. The Morgan fingerprint density at radius 2 is 1.65 bits per heavy atom. The van der Waals surface area contributed by atoms with Gasteiger partial charge in [-0.1, -0.05) is 42.5 Å². The minimum absolute atomic E-state index is 0.625. The average Bonchev–Trinajstić information content (AvgIpc) is 3.02. The van der Waals surface area contributed by atoms with E-state index in [0.29, 0.717) is 0 Å². The Hall–Kier alpha value is -2.88. The quantitative estimate of drug-likeness (QED) is 0.512. The van der Waals surface area contributed by atoms with E-state index in [-0.39, 0.29) is 0 Å². The molecule has 0 bridgehead atoms. The zero-order chi connectivity index (χ0) is 18.3. The minimum Gasteiger partial charge on any atom is -0.256 e. The van der Waals surface area contributed by atoms with E-state index in [1.54, 1.807) is 18.3 Å². The molecule has 2 aromatic carbocycles. The third-order valence-electron chi connectivity index (χ3n) is 4.85. The monoisotopic (exact) mass is 351 g/mol. The van der Waals surface area contributed by atoms with Gasteiger partial charge in [0.1, 0.15) is 0 Å². The molecule has 1 aliphatic carbocycles. The predicted molar refractivity (Wildman–Crippen MR) is 98.4 cm³/mol. The lowest BCUT2D eigenvalue weighted by atomic mass is 9.95. The number of halogens is 3. The van der Waals surface area contributed by atoms with Gasteiger partial charge < -0.3 is 0 Å². The maximum Gasteiger partial charge on any atom is 0.416 e. The predicted octanol–water partition coefficient (Wildman–Crippen LogP) is 6.51. The van der Waals surface area contributed by atoms with Gasteiger partial charge in [0.15, 0.2) is 0 Å². The van der Waals surface area contributed by atoms with Crippen LogP contribution in [0.4, 0.5) is 13.2 Å². The van der Waals surface area contributed by atoms with Crippen LogP contribution in [0.3, 0.4) is 0 Å². The van der Waals surface area contributed by atoms with Gasteiger partial charge in [0.25, 0.3) is 0 Å². The van der Waals surface area contributed by atoms with Gasteiger partial charge in [0, 0.05) is 17.1 Å². The van der Waals surface area contributed by atoms with Crippen molar-refractivity contribution in [3.05, 3.63) is 89.1 Å². The number of hydrogen-bond donors (Lipinski definition) is 0. The third kappa shape index (κ3) is 2.81. The molecule has 0 unspecified atom stereocenters. The maximum absolute atomic E-state index is 12.8. The number of pyridine rings is 1. The highest BCUT2D eigenvalue weighted by atomic mass is 19.4. The molecule has 4 rings (SSSR count). The van der Waals surface area contributed by atoms with Crippen molar-refractivity contribution < 1.29 is 13.2 Å². The molecule has 0 spiro atoms. The fourth-order valence-corrected chi connectivity index (χ4v) is 3.51. The zero-order valence-electron chi connectivity index (χ0n) is 14.1. The van der Waals surface area contributed by atoms with Crippen LogP contribution >= 0.6 is 0 Å². The first-order valence-corrected chi connectivity index (χ1v) is 8.37. The number of nitrogens with zero attached hydrogens (tertiary/aromatic N) is 1. The molecule has 0 N–H and O–H groups in total. The van der Waals surface area contributed by atoms with Crippen molar-refractivity contribution >= 4 is 22.0 Å². The second kappa shape index (κ2) is 6.13. The molecular formula is C22H16F3N. The van der Waals surface area contributed by atoms with Crippen LogP contribution in [-0.4, -0.2) is 4.98 Å². The molecule has 1 nitrogen and oxygen atoms in total. The standard InChI is InChI=1S/C22H16F3N/c1-14-18(15-7-9-17(10-8-15)22(23,24)25)11-12-19(14)20-6-2-4-16-5-3-13-26-21(16)20/h2-11,13H,12H2,1H3. The van der Waals surface area contributed by atoms with Crippen LogP contribution in [0, 0.1) is 0 Å². The Balaban J connectivity index is 1.74. The lowest BCUT2D eigenvalue weighted by Crippen LogP contribution is -2.04. The SMILES string of the molecule is CC1=C(c2cccc3cccnc23)CC=C1c1ccc(C(F)(F)F)cc1. The first-order chi connectivity index (χ1) is 12.4. The van der Waals surface area contributed by atoms with Crippen LogP contribution in [0.15, 0.2) is 72.4 Å². The van der Waals surface area contributed by atoms with Crippen LogP contribution in [-0.2, 0) is 6.18 Å². The van der Waals surface area contributed by atoms with E-state index >= 15 is 0 Å². The van der Waals surface area contributed by atoms with Crippen molar-refractivity contribution in [3.63, 3.8) is 0 Å². The van der Waals surface area contributed by atoms with Gasteiger partial charge in [-0.2, -0.15) is 13.2 Å². The van der Waals surface area contributed by atoms with Crippen LogP contribution in [0.1, 0.15) is 30.0 Å². The lowest BCUT2D eigenvalue weighted by molar-refractivity contribution is -0.137. The Morgan fingerprint density at radius 3 is 2.38 bits per heavy atom. The largest absolute Gasteiger partial charge is 0.416 e. The maximum atomic E-state index is 12.8. The smallest absolute Gasteiger partial charge is 0.256 e. The molecule has 0 saturated heterocycles. The van der Waals surface area contributed by atoms with Crippen molar-refractivity contribution in [2.24, 2.45) is 0 Å². The number of fused-ring (bicyclic) bond motifs is 1. The lowest BCUT2D eigenvalue weighted by Gasteiger charge is -2.11. The molecule has 1 heterocycles. The van der Waals surface area contributed by atoms with Crippen molar-refractivity contribution in [2.45, 2.75) is 19.5 Å². The molecule has 0 fully saturated rings. The summed E-state index contributed by atoms with van der Waals surface area (Å²) in [5, 5.41) is 1.08. The molecule has 3 aromatic rings. The fourth-order valence-electron chi connectivity index (χ4n) is 3.51. The number of rotatable bonds is 2. The van der Waals surface area contributed by atoms with E-state index in [9.17, 15) is 13.2 Å². The van der Waals surface area contributed by atoms with Gasteiger partial charge in [-0.15, -0.1) is 0 Å². The molecule has 0 aliphatic heterocycles. The molecular weight excluding hydrogens is 335 g/mol. The summed E-state index contributed by atoms with van der Waals surface area (Å²) in [7, 11) is 0. The van der Waals surface area contributed by atoms with E-state index < -0.39 is 11.7 Å². The summed E-state index contributed by atoms with van der Waals surface area (Å²) < 4.78 is 38.3. The summed E-state index contributed by atoms with van der Waals surface area (Å²) in [6.07, 6.45) is 0.293. The van der Waals surface area contributed by atoms with E-state index in [1.165, 1.54) is 5.57 Å². The van der Waals surface area contributed by atoms with Gasteiger partial charge in [-0.25, -0.2) is 0 Å².